The summed E-state index contributed by atoms with van der Waals surface area (Å²) in [5, 5.41) is 4.11. The highest BCUT2D eigenvalue weighted by atomic mass is 35.5. The Labute approximate surface area is 97.1 Å². The van der Waals surface area contributed by atoms with Crippen molar-refractivity contribution in [2.75, 3.05) is 7.05 Å². The fraction of sp³-hybridized carbons (Fsp3) is 0.385. The van der Waals surface area contributed by atoms with Crippen molar-refractivity contribution in [3.63, 3.8) is 0 Å². The molecule has 0 aromatic heterocycles. The van der Waals surface area contributed by atoms with E-state index in [4.69, 9.17) is 11.6 Å². The summed E-state index contributed by atoms with van der Waals surface area (Å²) in [5.74, 6) is 0. The van der Waals surface area contributed by atoms with Crippen LogP contribution in [0.2, 0.25) is 5.02 Å². The van der Waals surface area contributed by atoms with Crippen LogP contribution in [-0.2, 0) is 0 Å². The molecule has 0 aliphatic carbocycles. The molecule has 0 aliphatic rings. The predicted octanol–water partition coefficient (Wildman–Crippen LogP) is 3.96. The standard InChI is InChI=1S/C13H18ClN/c1-3-4-5-9-13(15-2)11-7-6-8-12(14)10-11/h3,6-8,10,13,15H,1,4-5,9H2,2H3. The maximum absolute atomic E-state index is 5.96. The Hall–Kier alpha value is -0.790. The third kappa shape index (κ3) is 4.06. The van der Waals surface area contributed by atoms with Gasteiger partial charge in [-0.05, 0) is 44.0 Å². The average molecular weight is 224 g/mol. The predicted molar refractivity (Wildman–Crippen MR) is 67.3 cm³/mol. The second-order valence-corrected chi connectivity index (χ2v) is 4.05. The van der Waals surface area contributed by atoms with Crippen molar-refractivity contribution in [2.45, 2.75) is 25.3 Å². The van der Waals surface area contributed by atoms with E-state index >= 15 is 0 Å². The summed E-state index contributed by atoms with van der Waals surface area (Å²) in [4.78, 5) is 0. The van der Waals surface area contributed by atoms with Gasteiger partial charge in [0, 0.05) is 11.1 Å². The van der Waals surface area contributed by atoms with Crippen LogP contribution in [0, 0.1) is 0 Å². The molecule has 1 rings (SSSR count). The molecule has 0 saturated carbocycles. The van der Waals surface area contributed by atoms with Gasteiger partial charge in [0.15, 0.2) is 0 Å². The number of benzene rings is 1. The van der Waals surface area contributed by atoms with Crippen molar-refractivity contribution in [3.05, 3.63) is 47.5 Å². The van der Waals surface area contributed by atoms with E-state index in [0.717, 1.165) is 24.3 Å². The van der Waals surface area contributed by atoms with Gasteiger partial charge in [-0.25, -0.2) is 0 Å². The molecule has 0 fully saturated rings. The topological polar surface area (TPSA) is 12.0 Å². The molecule has 0 aliphatic heterocycles. The maximum atomic E-state index is 5.96. The number of hydrogen-bond acceptors (Lipinski definition) is 1. The van der Waals surface area contributed by atoms with Crippen LogP contribution in [0.5, 0.6) is 0 Å². The average Bonchev–Trinajstić information content (AvgIpc) is 2.24. The highest BCUT2D eigenvalue weighted by Gasteiger charge is 2.08. The number of nitrogens with one attached hydrogen (secondary N) is 1. The minimum atomic E-state index is 0.392. The van der Waals surface area contributed by atoms with Crippen LogP contribution in [0.3, 0.4) is 0 Å². The van der Waals surface area contributed by atoms with Gasteiger partial charge in [0.05, 0.1) is 0 Å². The molecule has 1 atom stereocenters. The normalized spacial score (nSPS) is 12.4. The van der Waals surface area contributed by atoms with Gasteiger partial charge in [-0.1, -0.05) is 29.8 Å². The summed E-state index contributed by atoms with van der Waals surface area (Å²) in [5.41, 5.74) is 1.26. The molecule has 82 valence electrons. The Balaban J connectivity index is 2.61. The van der Waals surface area contributed by atoms with E-state index in [1.165, 1.54) is 5.56 Å². The lowest BCUT2D eigenvalue weighted by atomic mass is 10.0. The Kier molecular flexibility index (Phi) is 5.44. The fourth-order valence-electron chi connectivity index (χ4n) is 1.67. The van der Waals surface area contributed by atoms with Gasteiger partial charge in [-0.15, -0.1) is 6.58 Å². The van der Waals surface area contributed by atoms with Gasteiger partial charge < -0.3 is 5.32 Å². The molecule has 1 unspecified atom stereocenters. The summed E-state index contributed by atoms with van der Waals surface area (Å²) >= 11 is 5.96. The molecule has 0 spiro atoms. The molecule has 15 heavy (non-hydrogen) atoms. The summed E-state index contributed by atoms with van der Waals surface area (Å²) in [6, 6.07) is 8.43. The zero-order valence-electron chi connectivity index (χ0n) is 9.17. The second kappa shape index (κ2) is 6.65. The van der Waals surface area contributed by atoms with E-state index in [1.54, 1.807) is 0 Å². The molecule has 1 aromatic rings. The van der Waals surface area contributed by atoms with Crippen LogP contribution < -0.4 is 5.32 Å². The van der Waals surface area contributed by atoms with E-state index < -0.39 is 0 Å². The largest absolute Gasteiger partial charge is 0.313 e. The first kappa shape index (κ1) is 12.3. The highest BCUT2D eigenvalue weighted by Crippen LogP contribution is 2.21. The SMILES string of the molecule is C=CCCCC(NC)c1cccc(Cl)c1. The molecule has 0 radical (unpaired) electrons. The lowest BCUT2D eigenvalue weighted by Crippen LogP contribution is -2.16. The summed E-state index contributed by atoms with van der Waals surface area (Å²) in [7, 11) is 1.99. The molecule has 0 amide bonds. The van der Waals surface area contributed by atoms with Crippen molar-refractivity contribution in [1.29, 1.82) is 0 Å². The smallest absolute Gasteiger partial charge is 0.0409 e. The van der Waals surface area contributed by atoms with Gasteiger partial charge in [0.2, 0.25) is 0 Å². The van der Waals surface area contributed by atoms with E-state index in [-0.39, 0.29) is 0 Å². The van der Waals surface area contributed by atoms with E-state index in [9.17, 15) is 0 Å². The maximum Gasteiger partial charge on any atom is 0.0409 e. The Morgan fingerprint density at radius 3 is 2.93 bits per heavy atom. The van der Waals surface area contributed by atoms with Crippen LogP contribution >= 0.6 is 11.6 Å². The molecule has 1 nitrogen and oxygen atoms in total. The van der Waals surface area contributed by atoms with Crippen molar-refractivity contribution in [1.82, 2.24) is 5.32 Å². The third-order valence-electron chi connectivity index (χ3n) is 2.50. The van der Waals surface area contributed by atoms with Crippen LogP contribution in [0.1, 0.15) is 30.9 Å². The summed E-state index contributed by atoms with van der Waals surface area (Å²) < 4.78 is 0. The van der Waals surface area contributed by atoms with Crippen LogP contribution in [0.4, 0.5) is 0 Å². The van der Waals surface area contributed by atoms with Crippen LogP contribution in [0.25, 0.3) is 0 Å². The number of hydrogen-bond donors (Lipinski definition) is 1. The van der Waals surface area contributed by atoms with Crippen LogP contribution in [-0.4, -0.2) is 7.05 Å². The lowest BCUT2D eigenvalue weighted by Gasteiger charge is -2.16. The summed E-state index contributed by atoms with van der Waals surface area (Å²) in [6.45, 7) is 3.73. The molecule has 0 saturated heterocycles. The minimum Gasteiger partial charge on any atom is -0.313 e. The van der Waals surface area contributed by atoms with Gasteiger partial charge in [0.1, 0.15) is 0 Å². The zero-order valence-corrected chi connectivity index (χ0v) is 9.93. The zero-order chi connectivity index (χ0) is 11.1. The Morgan fingerprint density at radius 2 is 2.33 bits per heavy atom. The molecular formula is C13H18ClN. The Bertz CT molecular complexity index is 309. The quantitative estimate of drug-likeness (QED) is 0.569. The third-order valence-corrected chi connectivity index (χ3v) is 2.74. The summed E-state index contributed by atoms with van der Waals surface area (Å²) in [6.07, 6.45) is 5.30. The van der Waals surface area contributed by atoms with Gasteiger partial charge in [-0.2, -0.15) is 0 Å². The van der Waals surface area contributed by atoms with Crippen molar-refractivity contribution in [2.24, 2.45) is 0 Å². The molecule has 1 N–H and O–H groups in total. The van der Waals surface area contributed by atoms with E-state index in [2.05, 4.69) is 18.0 Å². The molecule has 1 aromatic carbocycles. The Morgan fingerprint density at radius 1 is 1.53 bits per heavy atom. The minimum absolute atomic E-state index is 0.392. The number of allylic oxidation sites excluding steroid dienone is 1. The van der Waals surface area contributed by atoms with Gasteiger partial charge >= 0.3 is 0 Å². The first-order chi connectivity index (χ1) is 7.27. The van der Waals surface area contributed by atoms with Crippen LogP contribution in [0.15, 0.2) is 36.9 Å². The second-order valence-electron chi connectivity index (χ2n) is 3.62. The van der Waals surface area contributed by atoms with Crippen molar-refractivity contribution >= 4 is 11.6 Å². The van der Waals surface area contributed by atoms with E-state index in [0.29, 0.717) is 6.04 Å². The highest BCUT2D eigenvalue weighted by molar-refractivity contribution is 6.30. The molecule has 0 bridgehead atoms. The molecule has 0 heterocycles. The number of halogens is 1. The van der Waals surface area contributed by atoms with Crippen molar-refractivity contribution < 1.29 is 0 Å². The first-order valence-corrected chi connectivity index (χ1v) is 5.69. The molecule has 2 heteroatoms. The van der Waals surface area contributed by atoms with Crippen molar-refractivity contribution in [3.8, 4) is 0 Å². The monoisotopic (exact) mass is 223 g/mol. The number of unbranched alkanes of at least 4 members (excludes halogenated alkanes) is 1. The van der Waals surface area contributed by atoms with Gasteiger partial charge in [-0.3, -0.25) is 0 Å². The van der Waals surface area contributed by atoms with E-state index in [1.807, 2.05) is 31.3 Å². The van der Waals surface area contributed by atoms with Gasteiger partial charge in [0.25, 0.3) is 0 Å². The lowest BCUT2D eigenvalue weighted by molar-refractivity contribution is 0.530. The number of rotatable bonds is 6. The molecular weight excluding hydrogens is 206 g/mol. The first-order valence-electron chi connectivity index (χ1n) is 5.31. The fourth-order valence-corrected chi connectivity index (χ4v) is 1.87.